The zero-order chi connectivity index (χ0) is 28.3. The van der Waals surface area contributed by atoms with Gasteiger partial charge in [0.15, 0.2) is 5.54 Å². The average Bonchev–Trinajstić information content (AvgIpc) is 3.45. The van der Waals surface area contributed by atoms with Crippen molar-refractivity contribution in [3.63, 3.8) is 0 Å². The number of ether oxygens (including phenoxy) is 2. The second kappa shape index (κ2) is 14.0. The first-order valence-corrected chi connectivity index (χ1v) is 14.4. The van der Waals surface area contributed by atoms with Gasteiger partial charge in [0.2, 0.25) is 5.90 Å². The van der Waals surface area contributed by atoms with Crippen molar-refractivity contribution in [3.8, 4) is 5.75 Å². The summed E-state index contributed by atoms with van der Waals surface area (Å²) in [7, 11) is 0. The van der Waals surface area contributed by atoms with E-state index in [1.54, 1.807) is 11.8 Å². The lowest BCUT2D eigenvalue weighted by Crippen LogP contribution is -2.52. The quantitative estimate of drug-likeness (QED) is 0.152. The zero-order valence-electron chi connectivity index (χ0n) is 22.7. The van der Waals surface area contributed by atoms with Crippen LogP contribution in [0.5, 0.6) is 5.75 Å². The molecule has 0 bridgehead atoms. The van der Waals surface area contributed by atoms with Crippen molar-refractivity contribution in [2.45, 2.75) is 34.7 Å². The van der Waals surface area contributed by atoms with Gasteiger partial charge in [-0.1, -0.05) is 78.5 Å². The topological polar surface area (TPSA) is 92.2 Å². The lowest BCUT2D eigenvalue weighted by molar-refractivity contribution is -0.127. The van der Waals surface area contributed by atoms with Crippen molar-refractivity contribution in [3.05, 3.63) is 126 Å². The summed E-state index contributed by atoms with van der Waals surface area (Å²) in [6.07, 6.45) is 0.966. The first kappa shape index (κ1) is 28.4. The molecule has 1 atom stereocenters. The molecule has 1 aliphatic rings. The summed E-state index contributed by atoms with van der Waals surface area (Å²) in [6.45, 7) is 1.11. The minimum atomic E-state index is -1.13. The molecule has 0 aromatic heterocycles. The predicted molar refractivity (Wildman–Crippen MR) is 161 cm³/mol. The summed E-state index contributed by atoms with van der Waals surface area (Å²) in [4.78, 5) is 20.8. The van der Waals surface area contributed by atoms with Crippen LogP contribution >= 0.6 is 11.8 Å². The Morgan fingerprint density at radius 3 is 2.39 bits per heavy atom. The van der Waals surface area contributed by atoms with E-state index in [0.29, 0.717) is 37.6 Å². The number of nitrogens with zero attached hydrogens (tertiary/aromatic N) is 1. The summed E-state index contributed by atoms with van der Waals surface area (Å²) in [6, 6.07) is 35.6. The van der Waals surface area contributed by atoms with E-state index < -0.39 is 5.54 Å². The van der Waals surface area contributed by atoms with Gasteiger partial charge in [-0.15, -0.1) is 0 Å². The number of aliphatic imine (C=N–C) groups is 1. The van der Waals surface area contributed by atoms with Crippen molar-refractivity contribution in [2.75, 3.05) is 19.8 Å². The second-order valence-electron chi connectivity index (χ2n) is 9.68. The largest absolute Gasteiger partial charge is 0.494 e. The molecule has 0 radical (unpaired) electrons. The molecule has 0 aliphatic carbocycles. The number of aliphatic hydroxyl groups is 1. The first-order chi connectivity index (χ1) is 20.1. The Morgan fingerprint density at radius 2 is 1.63 bits per heavy atom. The van der Waals surface area contributed by atoms with Crippen LogP contribution < -0.4 is 15.6 Å². The number of benzene rings is 4. The van der Waals surface area contributed by atoms with Gasteiger partial charge in [0.25, 0.3) is 5.91 Å². The first-order valence-electron chi connectivity index (χ1n) is 13.6. The van der Waals surface area contributed by atoms with E-state index in [4.69, 9.17) is 19.6 Å². The Hall–Kier alpha value is -4.11. The lowest BCUT2D eigenvalue weighted by Gasteiger charge is -2.23. The summed E-state index contributed by atoms with van der Waals surface area (Å²) in [5.74, 6) is 0.861. The van der Waals surface area contributed by atoms with Crippen molar-refractivity contribution >= 4 is 23.6 Å². The zero-order valence-corrected chi connectivity index (χ0v) is 23.5. The van der Waals surface area contributed by atoms with Crippen LogP contribution in [-0.4, -0.2) is 42.3 Å². The average molecular weight is 568 g/mol. The second-order valence-corrected chi connectivity index (χ2v) is 10.8. The Bertz CT molecular complexity index is 1450. The summed E-state index contributed by atoms with van der Waals surface area (Å²) in [5.41, 5.74) is 7.75. The smallest absolute Gasteiger partial charge is 0.266 e. The van der Waals surface area contributed by atoms with Crippen molar-refractivity contribution < 1.29 is 19.4 Å². The normalized spacial score (nSPS) is 16.1. The number of aliphatic hydroxyl groups excluding tert-OH is 1. The van der Waals surface area contributed by atoms with Gasteiger partial charge in [-0.3, -0.25) is 10.2 Å². The van der Waals surface area contributed by atoms with Crippen LogP contribution in [-0.2, 0) is 22.5 Å². The molecule has 0 fully saturated rings. The van der Waals surface area contributed by atoms with Gasteiger partial charge in [0.1, 0.15) is 12.4 Å². The third kappa shape index (κ3) is 7.55. The Labute approximate surface area is 244 Å². The van der Waals surface area contributed by atoms with Gasteiger partial charge in [-0.05, 0) is 53.6 Å². The highest BCUT2D eigenvalue weighted by Crippen LogP contribution is 2.30. The maximum atomic E-state index is 13.7. The molecule has 5 rings (SSSR count). The van der Waals surface area contributed by atoms with Gasteiger partial charge in [-0.2, -0.15) is 0 Å². The number of nitrogens with one attached hydrogen (secondary N) is 2. The molecular weight excluding hydrogens is 534 g/mol. The molecular formula is C33H33N3O4S. The summed E-state index contributed by atoms with van der Waals surface area (Å²) in [5, 5.41) is 8.96. The van der Waals surface area contributed by atoms with E-state index in [1.807, 2.05) is 84.9 Å². The van der Waals surface area contributed by atoms with Crippen LogP contribution in [0.4, 0.5) is 0 Å². The molecule has 0 saturated carbocycles. The molecule has 4 aromatic carbocycles. The molecule has 4 aromatic rings. The third-order valence-corrected chi connectivity index (χ3v) is 7.75. The molecule has 41 heavy (non-hydrogen) atoms. The molecule has 0 saturated heterocycles. The molecule has 0 spiro atoms. The molecule has 1 heterocycles. The fraction of sp³-hybridized carbons (Fsp3) is 0.212. The number of amides is 1. The molecule has 7 nitrogen and oxygen atoms in total. The Balaban J connectivity index is 1.29. The molecule has 1 amide bonds. The molecule has 210 valence electrons. The minimum Gasteiger partial charge on any atom is -0.494 e. The van der Waals surface area contributed by atoms with E-state index in [0.717, 1.165) is 26.5 Å². The number of rotatable bonds is 13. The van der Waals surface area contributed by atoms with Crippen LogP contribution in [0.25, 0.3) is 0 Å². The monoisotopic (exact) mass is 567 g/mol. The Morgan fingerprint density at radius 1 is 0.927 bits per heavy atom. The van der Waals surface area contributed by atoms with Crippen LogP contribution in [0.3, 0.4) is 0 Å². The van der Waals surface area contributed by atoms with Crippen LogP contribution in [0, 0.1) is 0 Å². The van der Waals surface area contributed by atoms with Crippen molar-refractivity contribution in [1.82, 2.24) is 10.9 Å². The molecule has 1 aliphatic heterocycles. The fourth-order valence-corrected chi connectivity index (χ4v) is 5.43. The van der Waals surface area contributed by atoms with Crippen molar-refractivity contribution in [2.24, 2.45) is 4.99 Å². The van der Waals surface area contributed by atoms with Crippen molar-refractivity contribution in [1.29, 1.82) is 0 Å². The number of carbonyl (C=O) groups is 1. The predicted octanol–water partition coefficient (Wildman–Crippen LogP) is 5.18. The van der Waals surface area contributed by atoms with E-state index >= 15 is 0 Å². The number of hydrazine groups is 1. The fourth-order valence-electron chi connectivity index (χ4n) is 4.46. The van der Waals surface area contributed by atoms with Gasteiger partial charge < -0.3 is 14.6 Å². The Kier molecular flexibility index (Phi) is 9.69. The van der Waals surface area contributed by atoms with E-state index in [1.165, 1.54) is 0 Å². The highest BCUT2D eigenvalue weighted by molar-refractivity contribution is 7.99. The van der Waals surface area contributed by atoms with Gasteiger partial charge >= 0.3 is 0 Å². The standard InChI is InChI=1S/C33H33N3O4S/c37-20-9-21-39-28-18-16-26(17-19-28)31-35-33(24-40-31,22-25-10-3-1-4-11-25)32(38)36-34-23-27-12-7-8-15-30(27)41-29-13-5-2-6-14-29/h1-8,10-19,34,37H,9,20-24H2,(H,36,38)/t33-/m0/s1. The number of carbonyl (C=O) groups excluding carboxylic acids is 1. The molecule has 0 unspecified atom stereocenters. The third-order valence-electron chi connectivity index (χ3n) is 6.62. The lowest BCUT2D eigenvalue weighted by atomic mass is 9.91. The highest BCUT2D eigenvalue weighted by Gasteiger charge is 2.44. The van der Waals surface area contributed by atoms with E-state index in [9.17, 15) is 4.79 Å². The highest BCUT2D eigenvalue weighted by atomic mass is 32.2. The van der Waals surface area contributed by atoms with Crippen LogP contribution in [0.15, 0.2) is 124 Å². The van der Waals surface area contributed by atoms with Gasteiger partial charge in [-0.25, -0.2) is 10.4 Å². The SMILES string of the molecule is O=C(NNCc1ccccc1Sc1ccccc1)[C@]1(Cc2ccccc2)COC(c2ccc(OCCCO)cc2)=N1. The molecule has 3 N–H and O–H groups in total. The van der Waals surface area contributed by atoms with E-state index in [2.05, 4.69) is 35.1 Å². The minimum absolute atomic E-state index is 0.0856. The summed E-state index contributed by atoms with van der Waals surface area (Å²) < 4.78 is 11.7. The maximum absolute atomic E-state index is 13.7. The summed E-state index contributed by atoms with van der Waals surface area (Å²) >= 11 is 1.69. The molecule has 8 heteroatoms. The van der Waals surface area contributed by atoms with Crippen LogP contribution in [0.1, 0.15) is 23.1 Å². The number of hydrogen-bond acceptors (Lipinski definition) is 7. The number of hydrogen-bond donors (Lipinski definition) is 3. The van der Waals surface area contributed by atoms with Gasteiger partial charge in [0, 0.05) is 41.3 Å². The van der Waals surface area contributed by atoms with Crippen LogP contribution in [0.2, 0.25) is 0 Å². The van der Waals surface area contributed by atoms with Gasteiger partial charge in [0.05, 0.1) is 6.61 Å². The van der Waals surface area contributed by atoms with E-state index in [-0.39, 0.29) is 19.1 Å². The maximum Gasteiger partial charge on any atom is 0.266 e.